The van der Waals surface area contributed by atoms with E-state index in [0.717, 1.165) is 5.56 Å². The fourth-order valence-electron chi connectivity index (χ4n) is 2.40. The number of aryl methyl sites for hydroxylation is 2. The summed E-state index contributed by atoms with van der Waals surface area (Å²) < 4.78 is 32.4. The monoisotopic (exact) mass is 322 g/mol. The van der Waals surface area contributed by atoms with E-state index in [1.165, 1.54) is 4.31 Å². The zero-order valence-electron chi connectivity index (χ0n) is 13.0. The van der Waals surface area contributed by atoms with Crippen LogP contribution in [-0.2, 0) is 16.4 Å². The van der Waals surface area contributed by atoms with Crippen molar-refractivity contribution in [3.63, 3.8) is 0 Å². The second kappa shape index (κ2) is 7.09. The number of nitrogens with two attached hydrogens (primary N) is 1. The maximum absolute atomic E-state index is 12.8. The van der Waals surface area contributed by atoms with Gasteiger partial charge < -0.3 is 10.2 Å². The van der Waals surface area contributed by atoms with Crippen LogP contribution >= 0.6 is 0 Å². The van der Waals surface area contributed by atoms with Crippen molar-refractivity contribution < 1.29 is 12.8 Å². The molecule has 0 saturated carbocycles. The molecule has 0 aliphatic carbocycles. The summed E-state index contributed by atoms with van der Waals surface area (Å²) in [6.07, 6.45) is 0.649. The van der Waals surface area contributed by atoms with Crippen molar-refractivity contribution in [2.24, 2.45) is 5.73 Å². The lowest BCUT2D eigenvalue weighted by molar-refractivity contribution is 0.419. The lowest BCUT2D eigenvalue weighted by atomic mass is 10.1. The van der Waals surface area contributed by atoms with Crippen molar-refractivity contribution in [3.05, 3.63) is 53.5 Å². The maximum atomic E-state index is 12.8. The minimum Gasteiger partial charge on any atom is -0.465 e. The third-order valence-electron chi connectivity index (χ3n) is 3.48. The molecule has 1 aromatic heterocycles. The molecule has 0 amide bonds. The summed E-state index contributed by atoms with van der Waals surface area (Å²) in [5.74, 6) is 1.01. The third kappa shape index (κ3) is 3.76. The molecule has 22 heavy (non-hydrogen) atoms. The van der Waals surface area contributed by atoms with Gasteiger partial charge in [-0.25, -0.2) is 8.42 Å². The first-order valence-corrected chi connectivity index (χ1v) is 8.70. The van der Waals surface area contributed by atoms with Gasteiger partial charge in [-0.2, -0.15) is 4.31 Å². The highest BCUT2D eigenvalue weighted by atomic mass is 32.2. The van der Waals surface area contributed by atoms with Gasteiger partial charge in [0.1, 0.15) is 16.4 Å². The smallest absolute Gasteiger partial charge is 0.246 e. The van der Waals surface area contributed by atoms with Crippen LogP contribution in [0.2, 0.25) is 0 Å². The van der Waals surface area contributed by atoms with Crippen molar-refractivity contribution in [1.29, 1.82) is 0 Å². The number of hydrogen-bond acceptors (Lipinski definition) is 4. The molecule has 0 atom stereocenters. The van der Waals surface area contributed by atoms with Gasteiger partial charge in [-0.1, -0.05) is 30.3 Å². The first-order valence-electron chi connectivity index (χ1n) is 7.26. The summed E-state index contributed by atoms with van der Waals surface area (Å²) in [6.45, 7) is 4.37. The Labute approximate surface area is 131 Å². The minimum absolute atomic E-state index is 0.228. The zero-order chi connectivity index (χ0) is 16.2. The Morgan fingerprint density at radius 1 is 1.14 bits per heavy atom. The summed E-state index contributed by atoms with van der Waals surface area (Å²) >= 11 is 0. The van der Waals surface area contributed by atoms with Gasteiger partial charge in [0.2, 0.25) is 10.0 Å². The number of sulfonamides is 1. The second-order valence-corrected chi connectivity index (χ2v) is 7.11. The van der Waals surface area contributed by atoms with Crippen LogP contribution in [0, 0.1) is 13.8 Å². The largest absolute Gasteiger partial charge is 0.465 e. The maximum Gasteiger partial charge on any atom is 0.246 e. The molecular formula is C16H22N2O3S. The van der Waals surface area contributed by atoms with E-state index in [-0.39, 0.29) is 11.4 Å². The number of nitrogens with zero attached hydrogens (tertiary/aromatic N) is 1. The molecule has 5 nitrogen and oxygen atoms in total. The highest BCUT2D eigenvalue weighted by Crippen LogP contribution is 2.23. The second-order valence-electron chi connectivity index (χ2n) is 5.21. The number of hydrogen-bond donors (Lipinski definition) is 1. The molecule has 0 unspecified atom stereocenters. The Hall–Kier alpha value is -1.63. The number of rotatable bonds is 7. The highest BCUT2D eigenvalue weighted by molar-refractivity contribution is 7.89. The molecule has 2 rings (SSSR count). The zero-order valence-corrected chi connectivity index (χ0v) is 13.8. The van der Waals surface area contributed by atoms with Gasteiger partial charge in [-0.3, -0.25) is 0 Å². The van der Waals surface area contributed by atoms with E-state index in [4.69, 9.17) is 10.2 Å². The summed E-state index contributed by atoms with van der Waals surface area (Å²) in [6, 6.07) is 11.4. The molecule has 120 valence electrons. The van der Waals surface area contributed by atoms with E-state index < -0.39 is 10.0 Å². The lowest BCUT2D eigenvalue weighted by Crippen LogP contribution is -2.37. The van der Waals surface area contributed by atoms with E-state index in [2.05, 4.69) is 0 Å². The summed E-state index contributed by atoms with van der Waals surface area (Å²) in [5, 5.41) is 0. The Morgan fingerprint density at radius 2 is 1.82 bits per heavy atom. The van der Waals surface area contributed by atoms with Crippen molar-refractivity contribution in [3.8, 4) is 0 Å². The van der Waals surface area contributed by atoms with Gasteiger partial charge in [-0.15, -0.1) is 0 Å². The van der Waals surface area contributed by atoms with Crippen LogP contribution in [-0.4, -0.2) is 32.4 Å². The molecule has 6 heteroatoms. The van der Waals surface area contributed by atoms with Gasteiger partial charge in [0.05, 0.1) is 0 Å². The van der Waals surface area contributed by atoms with E-state index in [1.807, 2.05) is 30.3 Å². The standard InChI is InChI=1S/C16H22N2O3S/c1-13-12-16(14(2)21-13)22(19,20)18(11-9-17)10-8-15-6-4-3-5-7-15/h3-7,12H,8-11,17H2,1-2H3. The van der Waals surface area contributed by atoms with Crippen molar-refractivity contribution in [2.45, 2.75) is 25.2 Å². The number of benzene rings is 1. The van der Waals surface area contributed by atoms with E-state index in [9.17, 15) is 8.42 Å². The van der Waals surface area contributed by atoms with Crippen molar-refractivity contribution in [2.75, 3.05) is 19.6 Å². The van der Waals surface area contributed by atoms with Crippen LogP contribution in [0.15, 0.2) is 45.7 Å². The molecule has 1 heterocycles. The molecule has 2 aromatic rings. The van der Waals surface area contributed by atoms with Crippen LogP contribution in [0.25, 0.3) is 0 Å². The molecule has 1 aromatic carbocycles. The van der Waals surface area contributed by atoms with Crippen molar-refractivity contribution >= 4 is 10.0 Å². The molecule has 0 radical (unpaired) electrons. The van der Waals surface area contributed by atoms with Gasteiger partial charge >= 0.3 is 0 Å². The average molecular weight is 322 g/mol. The molecule has 0 saturated heterocycles. The third-order valence-corrected chi connectivity index (χ3v) is 5.49. The van der Waals surface area contributed by atoms with E-state index >= 15 is 0 Å². The normalized spacial score (nSPS) is 12.0. The Kier molecular flexibility index (Phi) is 5.39. The van der Waals surface area contributed by atoms with Gasteiger partial charge in [0, 0.05) is 19.6 Å². The highest BCUT2D eigenvalue weighted by Gasteiger charge is 2.27. The van der Waals surface area contributed by atoms with Crippen LogP contribution in [0.5, 0.6) is 0 Å². The lowest BCUT2D eigenvalue weighted by Gasteiger charge is -2.21. The van der Waals surface area contributed by atoms with Gasteiger partial charge in [0.15, 0.2) is 0 Å². The van der Waals surface area contributed by atoms with E-state index in [0.29, 0.717) is 31.0 Å². The number of furan rings is 1. The predicted molar refractivity (Wildman–Crippen MR) is 86.1 cm³/mol. The average Bonchev–Trinajstić information content (AvgIpc) is 2.84. The van der Waals surface area contributed by atoms with Crippen LogP contribution in [0.3, 0.4) is 0 Å². The van der Waals surface area contributed by atoms with Crippen molar-refractivity contribution in [1.82, 2.24) is 4.31 Å². The summed E-state index contributed by atoms with van der Waals surface area (Å²) in [5.41, 5.74) is 6.68. The van der Waals surface area contributed by atoms with E-state index in [1.54, 1.807) is 19.9 Å². The molecule has 0 bridgehead atoms. The molecule has 0 fully saturated rings. The van der Waals surface area contributed by atoms with Crippen LogP contribution in [0.1, 0.15) is 17.1 Å². The fourth-order valence-corrected chi connectivity index (χ4v) is 4.07. The first kappa shape index (κ1) is 16.7. The van der Waals surface area contributed by atoms with Gasteiger partial charge in [-0.05, 0) is 31.9 Å². The summed E-state index contributed by atoms with van der Waals surface area (Å²) in [4.78, 5) is 0.228. The molecule has 0 aliphatic heterocycles. The summed E-state index contributed by atoms with van der Waals surface area (Å²) in [7, 11) is -3.58. The molecular weight excluding hydrogens is 300 g/mol. The quantitative estimate of drug-likeness (QED) is 0.847. The molecule has 0 aliphatic rings. The Balaban J connectivity index is 2.21. The Morgan fingerprint density at radius 3 is 2.36 bits per heavy atom. The van der Waals surface area contributed by atoms with Gasteiger partial charge in [0.25, 0.3) is 0 Å². The first-order chi connectivity index (χ1) is 10.4. The topological polar surface area (TPSA) is 76.5 Å². The Bertz CT molecular complexity index is 708. The van der Waals surface area contributed by atoms with Crippen LogP contribution in [0.4, 0.5) is 0 Å². The minimum atomic E-state index is -3.58. The fraction of sp³-hybridized carbons (Fsp3) is 0.375. The predicted octanol–water partition coefficient (Wildman–Crippen LogP) is 2.09. The molecule has 2 N–H and O–H groups in total. The van der Waals surface area contributed by atoms with Crippen LogP contribution < -0.4 is 5.73 Å². The SMILES string of the molecule is Cc1cc(S(=O)(=O)N(CCN)CCc2ccccc2)c(C)o1. The molecule has 0 spiro atoms.